The molecule has 0 unspecified atom stereocenters. The number of esters is 1. The van der Waals surface area contributed by atoms with Crippen LogP contribution in [0.5, 0.6) is 0 Å². The third-order valence-electron chi connectivity index (χ3n) is 3.76. The Labute approximate surface area is 146 Å². The number of hydrogen-bond donors (Lipinski definition) is 1. The van der Waals surface area contributed by atoms with E-state index in [0.717, 1.165) is 28.0 Å². The zero-order chi connectivity index (χ0) is 17.6. The molecule has 2 aromatic carbocycles. The minimum absolute atomic E-state index is 0.319. The van der Waals surface area contributed by atoms with Crippen LogP contribution in [0.2, 0.25) is 0 Å². The number of fused-ring (bicyclic) bond motifs is 1. The minimum Gasteiger partial charge on any atom is -0.463 e. The Bertz CT molecular complexity index is 898. The molecule has 0 atom stereocenters. The second-order valence-electron chi connectivity index (χ2n) is 5.70. The molecular formula is C20H21N3O2. The summed E-state index contributed by atoms with van der Waals surface area (Å²) in [4.78, 5) is 16.3. The standard InChI is InChI=1S/C20H21N3O2/c1-3-25-19(24)13-15(2)14-21-23-18-12-8-7-11-17(18)22-20(23)16-9-5-4-6-10-16/h4-13,21H,3,14H2,1-2H3/b15-13+. The molecule has 1 N–H and O–H groups in total. The first-order valence-corrected chi connectivity index (χ1v) is 8.29. The fraction of sp³-hybridized carbons (Fsp3) is 0.200. The van der Waals surface area contributed by atoms with E-state index in [1.165, 1.54) is 6.08 Å². The van der Waals surface area contributed by atoms with Crippen LogP contribution in [0.1, 0.15) is 13.8 Å². The van der Waals surface area contributed by atoms with Crippen molar-refractivity contribution in [2.45, 2.75) is 13.8 Å². The van der Waals surface area contributed by atoms with Gasteiger partial charge in [-0.3, -0.25) is 0 Å². The summed E-state index contributed by atoms with van der Waals surface area (Å²) in [6.07, 6.45) is 1.51. The predicted molar refractivity (Wildman–Crippen MR) is 99.8 cm³/mol. The van der Waals surface area contributed by atoms with E-state index >= 15 is 0 Å². The molecular weight excluding hydrogens is 314 g/mol. The maximum absolute atomic E-state index is 11.6. The van der Waals surface area contributed by atoms with Crippen LogP contribution < -0.4 is 5.43 Å². The molecule has 0 saturated carbocycles. The Kier molecular flexibility index (Phi) is 5.14. The van der Waals surface area contributed by atoms with Gasteiger partial charge < -0.3 is 10.2 Å². The number of nitrogens with one attached hydrogen (secondary N) is 1. The Hall–Kier alpha value is -3.08. The summed E-state index contributed by atoms with van der Waals surface area (Å²) in [6, 6.07) is 18.0. The zero-order valence-electron chi connectivity index (χ0n) is 14.4. The summed E-state index contributed by atoms with van der Waals surface area (Å²) in [5.41, 5.74) is 7.18. The number of rotatable bonds is 6. The van der Waals surface area contributed by atoms with Gasteiger partial charge in [-0.25, -0.2) is 14.5 Å². The Balaban J connectivity index is 1.91. The molecule has 128 valence electrons. The number of aromatic nitrogens is 2. The van der Waals surface area contributed by atoms with E-state index < -0.39 is 0 Å². The fourth-order valence-electron chi connectivity index (χ4n) is 2.61. The van der Waals surface area contributed by atoms with Crippen molar-refractivity contribution in [1.29, 1.82) is 0 Å². The van der Waals surface area contributed by atoms with Gasteiger partial charge in [0, 0.05) is 11.6 Å². The van der Waals surface area contributed by atoms with Crippen molar-refractivity contribution < 1.29 is 9.53 Å². The summed E-state index contributed by atoms with van der Waals surface area (Å²) in [5, 5.41) is 0. The van der Waals surface area contributed by atoms with Crippen LogP contribution >= 0.6 is 0 Å². The molecule has 0 amide bonds. The van der Waals surface area contributed by atoms with Crippen molar-refractivity contribution >= 4 is 17.0 Å². The molecule has 3 aromatic rings. The number of carbonyl (C=O) groups is 1. The Morgan fingerprint density at radius 3 is 2.64 bits per heavy atom. The predicted octanol–water partition coefficient (Wildman–Crippen LogP) is 3.76. The van der Waals surface area contributed by atoms with Crippen molar-refractivity contribution in [3.05, 3.63) is 66.2 Å². The number of nitrogens with zero attached hydrogens (tertiary/aromatic N) is 2. The van der Waals surface area contributed by atoms with E-state index in [4.69, 9.17) is 9.72 Å². The lowest BCUT2D eigenvalue weighted by molar-refractivity contribution is -0.137. The molecule has 0 spiro atoms. The van der Waals surface area contributed by atoms with Gasteiger partial charge in [0.05, 0.1) is 24.2 Å². The second-order valence-corrected chi connectivity index (χ2v) is 5.70. The van der Waals surface area contributed by atoms with Crippen LogP contribution in [-0.2, 0) is 9.53 Å². The topological polar surface area (TPSA) is 56.1 Å². The van der Waals surface area contributed by atoms with Crippen LogP contribution in [0.15, 0.2) is 66.2 Å². The van der Waals surface area contributed by atoms with Crippen molar-refractivity contribution in [2.75, 3.05) is 18.6 Å². The Morgan fingerprint density at radius 1 is 1.16 bits per heavy atom. The van der Waals surface area contributed by atoms with Gasteiger partial charge in [-0.05, 0) is 31.6 Å². The first kappa shape index (κ1) is 16.8. The molecule has 25 heavy (non-hydrogen) atoms. The SMILES string of the molecule is CCOC(=O)/C=C(\C)CNn1c(-c2ccccc2)nc2ccccc21. The zero-order valence-corrected chi connectivity index (χ0v) is 14.4. The van der Waals surface area contributed by atoms with Gasteiger partial charge in [0.1, 0.15) is 0 Å². The number of ether oxygens (including phenoxy) is 1. The summed E-state index contributed by atoms with van der Waals surface area (Å²) in [7, 11) is 0. The van der Waals surface area contributed by atoms with Crippen molar-refractivity contribution in [3.63, 3.8) is 0 Å². The van der Waals surface area contributed by atoms with Crippen molar-refractivity contribution in [3.8, 4) is 11.4 Å². The third kappa shape index (κ3) is 3.88. The number of imidazole rings is 1. The van der Waals surface area contributed by atoms with Gasteiger partial charge in [0.2, 0.25) is 0 Å². The molecule has 0 aliphatic rings. The molecule has 1 aromatic heterocycles. The highest BCUT2D eigenvalue weighted by Gasteiger charge is 2.12. The molecule has 0 bridgehead atoms. The number of para-hydroxylation sites is 2. The fourth-order valence-corrected chi connectivity index (χ4v) is 2.61. The maximum atomic E-state index is 11.6. The average Bonchev–Trinajstić information content (AvgIpc) is 2.99. The van der Waals surface area contributed by atoms with E-state index in [-0.39, 0.29) is 5.97 Å². The lowest BCUT2D eigenvalue weighted by Gasteiger charge is -2.12. The first-order valence-electron chi connectivity index (χ1n) is 8.29. The van der Waals surface area contributed by atoms with Crippen LogP contribution in [0.25, 0.3) is 22.4 Å². The van der Waals surface area contributed by atoms with Crippen LogP contribution in [0, 0.1) is 0 Å². The number of hydrogen-bond acceptors (Lipinski definition) is 4. The van der Waals surface area contributed by atoms with E-state index in [9.17, 15) is 4.79 Å². The largest absolute Gasteiger partial charge is 0.463 e. The molecule has 5 nitrogen and oxygen atoms in total. The molecule has 0 radical (unpaired) electrons. The van der Waals surface area contributed by atoms with Gasteiger partial charge in [0.25, 0.3) is 0 Å². The van der Waals surface area contributed by atoms with Gasteiger partial charge in [-0.15, -0.1) is 0 Å². The van der Waals surface area contributed by atoms with Crippen LogP contribution in [0.3, 0.4) is 0 Å². The normalized spacial score (nSPS) is 11.5. The van der Waals surface area contributed by atoms with Gasteiger partial charge in [-0.2, -0.15) is 0 Å². The summed E-state index contributed by atoms with van der Waals surface area (Å²) in [5.74, 6) is 0.520. The molecule has 0 aliphatic heterocycles. The lowest BCUT2D eigenvalue weighted by Crippen LogP contribution is -2.18. The van der Waals surface area contributed by atoms with Crippen molar-refractivity contribution in [2.24, 2.45) is 0 Å². The molecule has 5 heteroatoms. The Morgan fingerprint density at radius 2 is 1.88 bits per heavy atom. The van der Waals surface area contributed by atoms with E-state index in [1.54, 1.807) is 6.92 Å². The second kappa shape index (κ2) is 7.66. The number of benzene rings is 2. The summed E-state index contributed by atoms with van der Waals surface area (Å²) < 4.78 is 6.92. The maximum Gasteiger partial charge on any atom is 0.330 e. The quantitative estimate of drug-likeness (QED) is 0.550. The first-order chi connectivity index (χ1) is 12.2. The molecule has 0 aliphatic carbocycles. The van der Waals surface area contributed by atoms with Crippen LogP contribution in [0.4, 0.5) is 0 Å². The minimum atomic E-state index is -0.319. The molecule has 3 rings (SSSR count). The highest BCUT2D eigenvalue weighted by Crippen LogP contribution is 2.23. The monoisotopic (exact) mass is 335 g/mol. The van der Waals surface area contributed by atoms with E-state index in [0.29, 0.717) is 13.2 Å². The number of carbonyl (C=O) groups excluding carboxylic acids is 1. The smallest absolute Gasteiger partial charge is 0.330 e. The van der Waals surface area contributed by atoms with Gasteiger partial charge in [0.15, 0.2) is 5.82 Å². The third-order valence-corrected chi connectivity index (χ3v) is 3.76. The summed E-state index contributed by atoms with van der Waals surface area (Å²) in [6.45, 7) is 4.58. The van der Waals surface area contributed by atoms with Gasteiger partial charge >= 0.3 is 5.97 Å². The summed E-state index contributed by atoms with van der Waals surface area (Å²) >= 11 is 0. The lowest BCUT2D eigenvalue weighted by atomic mass is 10.2. The van der Waals surface area contributed by atoms with E-state index in [2.05, 4.69) is 5.43 Å². The average molecular weight is 335 g/mol. The molecule has 0 fully saturated rings. The highest BCUT2D eigenvalue weighted by atomic mass is 16.5. The van der Waals surface area contributed by atoms with E-state index in [1.807, 2.05) is 66.2 Å². The van der Waals surface area contributed by atoms with Gasteiger partial charge in [-0.1, -0.05) is 42.5 Å². The van der Waals surface area contributed by atoms with Crippen LogP contribution in [-0.4, -0.2) is 28.8 Å². The highest BCUT2D eigenvalue weighted by molar-refractivity contribution is 5.83. The molecule has 0 saturated heterocycles. The molecule has 1 heterocycles. The van der Waals surface area contributed by atoms with Crippen molar-refractivity contribution in [1.82, 2.24) is 9.66 Å².